The van der Waals surface area contributed by atoms with Gasteiger partial charge in [0.15, 0.2) is 0 Å². The van der Waals surface area contributed by atoms with Gasteiger partial charge >= 0.3 is 0 Å². The summed E-state index contributed by atoms with van der Waals surface area (Å²) >= 11 is 0. The number of hydrogen-bond donors (Lipinski definition) is 0. The summed E-state index contributed by atoms with van der Waals surface area (Å²) in [5, 5.41) is 0. The van der Waals surface area contributed by atoms with Gasteiger partial charge in [-0.15, -0.1) is 0 Å². The molecule has 0 aromatic heterocycles. The molecule has 16 rings (SSSR count). The second-order valence-electron chi connectivity index (χ2n) is 22.1. The van der Waals surface area contributed by atoms with Gasteiger partial charge in [-0.2, -0.15) is 0 Å². The van der Waals surface area contributed by atoms with Gasteiger partial charge in [-0.3, -0.25) is 0 Å². The first-order valence-corrected chi connectivity index (χ1v) is 26.0. The van der Waals surface area contributed by atoms with Gasteiger partial charge in [-0.1, -0.05) is 153 Å². The van der Waals surface area contributed by atoms with E-state index < -0.39 is 5.41 Å². The van der Waals surface area contributed by atoms with Gasteiger partial charge in [-0.05, 0) is 207 Å². The molecule has 1 spiro atoms. The minimum atomic E-state index is -0.543. The van der Waals surface area contributed by atoms with Crippen LogP contribution in [0.25, 0.3) is 33.4 Å². The van der Waals surface area contributed by atoms with E-state index in [1.54, 1.807) is 5.56 Å². The van der Waals surface area contributed by atoms with Crippen molar-refractivity contribution in [3.63, 3.8) is 0 Å². The molecule has 4 fully saturated rings. The molecule has 0 heterocycles. The normalized spacial score (nSPS) is 23.0. The van der Waals surface area contributed by atoms with Crippen LogP contribution in [-0.2, 0) is 10.8 Å². The Morgan fingerprint density at radius 2 is 0.700 bits per heavy atom. The standard InChI is InChI=1S/C68H56N2/c1-67(2)60-25-12-9-22-54(60)57-31-28-51(40-63(57)67)70(49-19-7-4-8-20-49)53-30-33-59-56-24-11-14-27-62(56)68(65(59)42-53)61-26-13-10-23-55(61)58-32-29-52(41-64(58)68)69(48-17-5-3-6-18-48)50-21-15-16-45(39-50)66-46-35-43-34-44(37-46)38-47(66)36-43/h3-33,39-44,46-47,66H,34-38H2,1-2H3. The predicted molar refractivity (Wildman–Crippen MR) is 289 cm³/mol. The lowest BCUT2D eigenvalue weighted by Crippen LogP contribution is -2.43. The fourth-order valence-electron chi connectivity index (χ4n) is 15.6. The molecule has 9 aromatic carbocycles. The van der Waals surface area contributed by atoms with Crippen molar-refractivity contribution in [1.82, 2.24) is 0 Å². The molecule has 4 saturated carbocycles. The van der Waals surface area contributed by atoms with Gasteiger partial charge in [0.1, 0.15) is 0 Å². The molecule has 1 unspecified atom stereocenters. The lowest BCUT2D eigenvalue weighted by atomic mass is 9.51. The Hall–Kier alpha value is -7.42. The third-order valence-electron chi connectivity index (χ3n) is 18.2. The largest absolute Gasteiger partial charge is 0.310 e. The minimum Gasteiger partial charge on any atom is -0.310 e. The van der Waals surface area contributed by atoms with E-state index in [0.717, 1.165) is 35.0 Å². The summed E-state index contributed by atoms with van der Waals surface area (Å²) < 4.78 is 0. The first-order valence-electron chi connectivity index (χ1n) is 26.0. The molecule has 7 aliphatic carbocycles. The van der Waals surface area contributed by atoms with Crippen LogP contribution >= 0.6 is 0 Å². The summed E-state index contributed by atoms with van der Waals surface area (Å²) in [5.41, 5.74) is 24.0. The summed E-state index contributed by atoms with van der Waals surface area (Å²) in [5.74, 6) is 4.23. The first kappa shape index (κ1) is 40.5. The second kappa shape index (κ2) is 15.0. The Bertz CT molecular complexity index is 3530. The predicted octanol–water partition coefficient (Wildman–Crippen LogP) is 17.8. The molecule has 2 nitrogen and oxygen atoms in total. The van der Waals surface area contributed by atoms with Crippen LogP contribution in [0, 0.1) is 23.7 Å². The Balaban J connectivity index is 0.921. The van der Waals surface area contributed by atoms with Crippen LogP contribution in [0.2, 0.25) is 0 Å². The van der Waals surface area contributed by atoms with Gasteiger partial charge in [0, 0.05) is 39.5 Å². The minimum absolute atomic E-state index is 0.118. The molecule has 4 bridgehead atoms. The fourth-order valence-corrected chi connectivity index (χ4v) is 15.6. The van der Waals surface area contributed by atoms with Crippen molar-refractivity contribution in [2.24, 2.45) is 23.7 Å². The monoisotopic (exact) mass is 900 g/mol. The third kappa shape index (κ3) is 5.68. The van der Waals surface area contributed by atoms with E-state index in [2.05, 4.69) is 236 Å². The van der Waals surface area contributed by atoms with Crippen LogP contribution in [0.1, 0.15) is 90.8 Å². The van der Waals surface area contributed by atoms with Crippen molar-refractivity contribution in [1.29, 1.82) is 0 Å². The fraction of sp³-hybridized carbons (Fsp3) is 0.206. The average molecular weight is 901 g/mol. The Labute approximate surface area is 412 Å². The van der Waals surface area contributed by atoms with Crippen molar-refractivity contribution in [3.8, 4) is 33.4 Å². The molecular formula is C68H56N2. The lowest BCUT2D eigenvalue weighted by molar-refractivity contribution is -0.00276. The zero-order chi connectivity index (χ0) is 46.3. The van der Waals surface area contributed by atoms with Gasteiger partial charge < -0.3 is 9.80 Å². The van der Waals surface area contributed by atoms with Crippen molar-refractivity contribution in [2.75, 3.05) is 9.80 Å². The van der Waals surface area contributed by atoms with Crippen LogP contribution in [0.15, 0.2) is 212 Å². The summed E-state index contributed by atoms with van der Waals surface area (Å²) in [4.78, 5) is 5.03. The van der Waals surface area contributed by atoms with E-state index in [-0.39, 0.29) is 5.41 Å². The Morgan fingerprint density at radius 1 is 0.314 bits per heavy atom. The van der Waals surface area contributed by atoms with Crippen LogP contribution < -0.4 is 9.80 Å². The van der Waals surface area contributed by atoms with Crippen LogP contribution in [0.4, 0.5) is 34.1 Å². The van der Waals surface area contributed by atoms with E-state index in [4.69, 9.17) is 0 Å². The summed E-state index contributed by atoms with van der Waals surface area (Å²) in [6.07, 6.45) is 7.17. The summed E-state index contributed by atoms with van der Waals surface area (Å²) in [6, 6.07) is 81.1. The molecule has 2 heteroatoms. The zero-order valence-electron chi connectivity index (χ0n) is 40.0. The molecule has 0 saturated heterocycles. The number of hydrogen-bond acceptors (Lipinski definition) is 2. The summed E-state index contributed by atoms with van der Waals surface area (Å²) in [7, 11) is 0. The molecule has 9 aromatic rings. The number of fused-ring (bicyclic) bond motifs is 13. The Kier molecular flexibility index (Phi) is 8.69. The second-order valence-corrected chi connectivity index (χ2v) is 22.1. The quantitative estimate of drug-likeness (QED) is 0.157. The Morgan fingerprint density at radius 3 is 1.21 bits per heavy atom. The molecular weight excluding hydrogens is 845 g/mol. The number of anilines is 6. The van der Waals surface area contributed by atoms with Crippen LogP contribution in [0.5, 0.6) is 0 Å². The van der Waals surface area contributed by atoms with Crippen molar-refractivity contribution < 1.29 is 0 Å². The van der Waals surface area contributed by atoms with Crippen molar-refractivity contribution in [3.05, 3.63) is 251 Å². The molecule has 7 aliphatic rings. The molecule has 70 heavy (non-hydrogen) atoms. The molecule has 0 radical (unpaired) electrons. The summed E-state index contributed by atoms with van der Waals surface area (Å²) in [6.45, 7) is 4.76. The van der Waals surface area contributed by atoms with Gasteiger partial charge in [-0.25, -0.2) is 0 Å². The highest BCUT2D eigenvalue weighted by Gasteiger charge is 2.53. The van der Waals surface area contributed by atoms with Crippen LogP contribution in [0.3, 0.4) is 0 Å². The number of para-hydroxylation sites is 2. The first-order chi connectivity index (χ1) is 34.4. The molecule has 338 valence electrons. The lowest BCUT2D eigenvalue weighted by Gasteiger charge is -2.54. The molecule has 0 aliphatic heterocycles. The number of nitrogens with zero attached hydrogens (tertiary/aromatic N) is 2. The van der Waals surface area contributed by atoms with Gasteiger partial charge in [0.05, 0.1) is 5.41 Å². The van der Waals surface area contributed by atoms with Gasteiger partial charge in [0.25, 0.3) is 0 Å². The molecule has 1 atom stereocenters. The maximum absolute atomic E-state index is 2.57. The SMILES string of the molecule is CC1(C)c2ccccc2-c2ccc(N(c3ccccc3)c3ccc4c(c3)C3(c5ccccc5-c5ccc(N(c6ccccc6)c6cccc(C7C8CC9CC(C8)CC7C9)c6)cc53)c3ccccc3-4)cc21. The van der Waals surface area contributed by atoms with Crippen molar-refractivity contribution in [2.45, 2.75) is 62.7 Å². The van der Waals surface area contributed by atoms with Gasteiger partial charge in [0.2, 0.25) is 0 Å². The maximum Gasteiger partial charge on any atom is 0.0727 e. The number of benzene rings is 9. The topological polar surface area (TPSA) is 6.48 Å². The third-order valence-corrected chi connectivity index (χ3v) is 18.2. The smallest absolute Gasteiger partial charge is 0.0727 e. The van der Waals surface area contributed by atoms with Crippen molar-refractivity contribution >= 4 is 34.1 Å². The van der Waals surface area contributed by atoms with Crippen LogP contribution in [-0.4, -0.2) is 0 Å². The molecule has 0 N–H and O–H groups in total. The average Bonchev–Trinajstić information content (AvgIpc) is 3.95. The van der Waals surface area contributed by atoms with E-state index >= 15 is 0 Å². The van der Waals surface area contributed by atoms with E-state index in [0.29, 0.717) is 5.92 Å². The van der Waals surface area contributed by atoms with E-state index in [1.165, 1.54) is 122 Å². The highest BCUT2D eigenvalue weighted by atomic mass is 15.1. The maximum atomic E-state index is 2.57. The highest BCUT2D eigenvalue weighted by molar-refractivity contribution is 5.98. The van der Waals surface area contributed by atoms with E-state index in [9.17, 15) is 0 Å². The molecule has 0 amide bonds. The van der Waals surface area contributed by atoms with E-state index in [1.807, 2.05) is 0 Å². The highest BCUT2D eigenvalue weighted by Crippen LogP contribution is 2.65. The zero-order valence-corrected chi connectivity index (χ0v) is 40.0. The number of rotatable bonds is 7.